The van der Waals surface area contributed by atoms with E-state index in [-0.39, 0.29) is 34.1 Å². The van der Waals surface area contributed by atoms with Crippen molar-refractivity contribution >= 4 is 62.2 Å². The van der Waals surface area contributed by atoms with E-state index in [1.807, 2.05) is 60.7 Å². The van der Waals surface area contributed by atoms with Gasteiger partial charge in [-0.2, -0.15) is 0 Å². The maximum Gasteiger partial charge on any atom is 0.420 e. The highest BCUT2D eigenvalue weighted by Crippen LogP contribution is 2.52. The summed E-state index contributed by atoms with van der Waals surface area (Å²) >= 11 is 20.2. The number of anilines is 2. The number of ether oxygens (including phenoxy) is 1. The number of rotatable bonds is 10. The number of halogens is 3. The number of amides is 1. The lowest BCUT2D eigenvalue weighted by molar-refractivity contribution is 0.0588. The number of aliphatic hydroxyl groups excluding tert-OH is 1. The van der Waals surface area contributed by atoms with Gasteiger partial charge in [-0.25, -0.2) is 19.7 Å². The van der Waals surface area contributed by atoms with Gasteiger partial charge in [0.15, 0.2) is 15.6 Å². The van der Waals surface area contributed by atoms with Gasteiger partial charge in [-0.05, 0) is 68.5 Å². The standard InChI is InChI=1S/C36H42Cl3N3O4Si/c1-23-40-31(39)30(32(41-23)42(33(44)45-34(2,3)4)29-19-18-26(37)22-28(29)38)27(20-21-43)36(46-47-35(5,6)7,24-14-10-8-11-15-24)25-16-12-9-13-17-25/h8-19,22,27,43H,20-21,47H2,1-7H3. The average molecular weight is 715 g/mol. The van der Waals surface area contributed by atoms with Crippen LogP contribution in [0.1, 0.15) is 76.4 Å². The fourth-order valence-electron chi connectivity index (χ4n) is 5.49. The van der Waals surface area contributed by atoms with E-state index in [9.17, 15) is 9.90 Å². The first-order chi connectivity index (χ1) is 22.1. The van der Waals surface area contributed by atoms with Crippen LogP contribution in [-0.2, 0) is 14.8 Å². The molecule has 1 atom stereocenters. The lowest BCUT2D eigenvalue weighted by Gasteiger charge is -2.45. The SMILES string of the molecule is Cc1nc(Cl)c(C(CCO)C(O[SiH2]C(C)(C)C)(c2ccccc2)c2ccccc2)c(N(C(=O)OC(C)(C)C)c2ccc(Cl)cc2Cl)n1. The quantitative estimate of drug-likeness (QED) is 0.130. The summed E-state index contributed by atoms with van der Waals surface area (Å²) in [6, 6.07) is 24.6. The Bertz CT molecular complexity index is 1640. The topological polar surface area (TPSA) is 84.8 Å². The maximum absolute atomic E-state index is 14.2. The van der Waals surface area contributed by atoms with Crippen LogP contribution in [0.2, 0.25) is 20.2 Å². The molecule has 7 nitrogen and oxygen atoms in total. The van der Waals surface area contributed by atoms with Crippen LogP contribution in [0.4, 0.5) is 16.3 Å². The number of aliphatic hydroxyl groups is 1. The van der Waals surface area contributed by atoms with E-state index in [4.69, 9.17) is 48.9 Å². The number of hydrogen-bond donors (Lipinski definition) is 1. The smallest absolute Gasteiger partial charge is 0.420 e. The molecule has 0 aliphatic carbocycles. The second-order valence-corrected chi connectivity index (χ2v) is 17.5. The van der Waals surface area contributed by atoms with Crippen LogP contribution in [-0.4, -0.2) is 43.1 Å². The number of aryl methyl sites for hydroxylation is 1. The van der Waals surface area contributed by atoms with Crippen LogP contribution >= 0.6 is 34.8 Å². The van der Waals surface area contributed by atoms with Crippen LogP contribution in [0.15, 0.2) is 78.9 Å². The van der Waals surface area contributed by atoms with Crippen LogP contribution in [0.25, 0.3) is 0 Å². The Labute approximate surface area is 295 Å². The van der Waals surface area contributed by atoms with Crippen LogP contribution in [0, 0.1) is 6.92 Å². The number of benzene rings is 3. The predicted octanol–water partition coefficient (Wildman–Crippen LogP) is 9.55. The normalized spacial score (nSPS) is 13.2. The van der Waals surface area contributed by atoms with E-state index in [0.717, 1.165) is 11.1 Å². The lowest BCUT2D eigenvalue weighted by atomic mass is 9.71. The Hall–Kier alpha value is -2.98. The number of aromatic nitrogens is 2. The van der Waals surface area contributed by atoms with Crippen molar-refractivity contribution in [3.05, 3.63) is 117 Å². The number of carbonyl (C=O) groups excluding carboxylic acids is 1. The van der Waals surface area contributed by atoms with Gasteiger partial charge in [0, 0.05) is 23.1 Å². The molecule has 11 heteroatoms. The highest BCUT2D eigenvalue weighted by atomic mass is 35.5. The molecule has 4 rings (SSSR count). The van der Waals surface area contributed by atoms with Crippen molar-refractivity contribution in [1.29, 1.82) is 0 Å². The van der Waals surface area contributed by atoms with Crippen molar-refractivity contribution in [2.45, 2.75) is 77.0 Å². The number of hydrogen-bond acceptors (Lipinski definition) is 6. The average Bonchev–Trinajstić information content (AvgIpc) is 2.98. The molecule has 1 N–H and O–H groups in total. The van der Waals surface area contributed by atoms with Crippen molar-refractivity contribution in [2.75, 3.05) is 11.5 Å². The van der Waals surface area contributed by atoms with Gasteiger partial charge >= 0.3 is 6.09 Å². The minimum atomic E-state index is -1.27. The summed E-state index contributed by atoms with van der Waals surface area (Å²) in [5, 5.41) is 11.4. The minimum absolute atomic E-state index is 0.103. The van der Waals surface area contributed by atoms with E-state index in [2.05, 4.69) is 25.8 Å². The number of carbonyl (C=O) groups is 1. The van der Waals surface area contributed by atoms with Gasteiger partial charge in [-0.15, -0.1) is 0 Å². The van der Waals surface area contributed by atoms with Gasteiger partial charge in [-0.3, -0.25) is 0 Å². The van der Waals surface area contributed by atoms with Crippen molar-refractivity contribution in [3.63, 3.8) is 0 Å². The lowest BCUT2D eigenvalue weighted by Crippen LogP contribution is -2.42. The molecule has 4 aromatic rings. The molecule has 0 saturated carbocycles. The maximum atomic E-state index is 14.2. The summed E-state index contributed by atoms with van der Waals surface area (Å²) in [6.07, 6.45) is -0.535. The molecule has 0 aliphatic rings. The fourth-order valence-corrected chi connectivity index (χ4v) is 7.52. The third kappa shape index (κ3) is 8.74. The molecule has 0 fully saturated rings. The van der Waals surface area contributed by atoms with Crippen LogP contribution in [0.5, 0.6) is 0 Å². The first kappa shape index (κ1) is 36.8. The van der Waals surface area contributed by atoms with Gasteiger partial charge in [0.2, 0.25) is 0 Å². The highest BCUT2D eigenvalue weighted by Gasteiger charge is 2.47. The van der Waals surface area contributed by atoms with Crippen LogP contribution in [0.3, 0.4) is 0 Å². The van der Waals surface area contributed by atoms with E-state index in [1.165, 1.54) is 4.90 Å². The van der Waals surface area contributed by atoms with Gasteiger partial charge in [0.25, 0.3) is 0 Å². The largest absolute Gasteiger partial charge is 0.443 e. The first-order valence-corrected chi connectivity index (χ1v) is 17.9. The second-order valence-electron chi connectivity index (χ2n) is 13.6. The van der Waals surface area contributed by atoms with Crippen molar-refractivity contribution in [1.82, 2.24) is 9.97 Å². The molecule has 3 aromatic carbocycles. The first-order valence-electron chi connectivity index (χ1n) is 15.5. The monoisotopic (exact) mass is 713 g/mol. The Morgan fingerprint density at radius 2 is 1.47 bits per heavy atom. The van der Waals surface area contributed by atoms with Gasteiger partial charge < -0.3 is 14.3 Å². The molecular formula is C36H42Cl3N3O4Si. The summed E-state index contributed by atoms with van der Waals surface area (Å²) in [5.41, 5.74) is 0.391. The molecule has 0 spiro atoms. The summed E-state index contributed by atoms with van der Waals surface area (Å²) in [6.45, 7) is 13.3. The summed E-state index contributed by atoms with van der Waals surface area (Å²) in [5.74, 6) is -0.201. The zero-order valence-corrected chi connectivity index (χ0v) is 31.5. The molecule has 1 amide bonds. The molecular weight excluding hydrogens is 673 g/mol. The van der Waals surface area contributed by atoms with E-state index in [1.54, 1.807) is 45.9 Å². The third-order valence-electron chi connectivity index (χ3n) is 7.32. The van der Waals surface area contributed by atoms with E-state index in [0.29, 0.717) is 22.1 Å². The Balaban J connectivity index is 2.15. The summed E-state index contributed by atoms with van der Waals surface area (Å²) in [7, 11) is -1.27. The van der Waals surface area contributed by atoms with Crippen LogP contribution < -0.4 is 4.90 Å². The summed E-state index contributed by atoms with van der Waals surface area (Å²) in [4.78, 5) is 25.0. The van der Waals surface area contributed by atoms with E-state index >= 15 is 0 Å². The minimum Gasteiger partial charge on any atom is -0.443 e. The zero-order valence-electron chi connectivity index (χ0n) is 27.9. The van der Waals surface area contributed by atoms with Gasteiger partial charge in [-0.1, -0.05) is 116 Å². The molecule has 0 aliphatic heterocycles. The molecule has 0 bridgehead atoms. The van der Waals surface area contributed by atoms with Crippen molar-refractivity contribution in [3.8, 4) is 0 Å². The zero-order chi connectivity index (χ0) is 34.6. The number of nitrogens with zero attached hydrogens (tertiary/aromatic N) is 3. The molecule has 47 heavy (non-hydrogen) atoms. The molecule has 1 heterocycles. The van der Waals surface area contributed by atoms with Crippen molar-refractivity contribution in [2.24, 2.45) is 0 Å². The summed E-state index contributed by atoms with van der Waals surface area (Å²) < 4.78 is 13.2. The molecule has 250 valence electrons. The molecule has 0 radical (unpaired) electrons. The van der Waals surface area contributed by atoms with Crippen molar-refractivity contribution < 1.29 is 19.1 Å². The second kappa shape index (κ2) is 15.1. The Kier molecular flexibility index (Phi) is 11.8. The highest BCUT2D eigenvalue weighted by molar-refractivity contribution is 6.37. The Morgan fingerprint density at radius 1 is 0.894 bits per heavy atom. The molecule has 1 unspecified atom stereocenters. The Morgan fingerprint density at radius 3 is 1.96 bits per heavy atom. The molecule has 0 saturated heterocycles. The van der Waals surface area contributed by atoms with E-state index < -0.39 is 33.0 Å². The van der Waals surface area contributed by atoms with Gasteiger partial charge in [0.05, 0.1) is 10.7 Å². The predicted molar refractivity (Wildman–Crippen MR) is 194 cm³/mol. The third-order valence-corrected chi connectivity index (χ3v) is 9.62. The van der Waals surface area contributed by atoms with Gasteiger partial charge in [0.1, 0.15) is 22.2 Å². The fraction of sp³-hybridized carbons (Fsp3) is 0.361. The molecule has 1 aromatic heterocycles.